The fraction of sp³-hybridized carbons (Fsp3) is 0.278. The molecule has 1 amide bonds. The number of nitrogens with one attached hydrogen (secondary N) is 1. The molecule has 0 fully saturated rings. The van der Waals surface area contributed by atoms with Crippen LogP contribution >= 0.6 is 11.6 Å². The molecule has 0 aliphatic rings. The van der Waals surface area contributed by atoms with Crippen molar-refractivity contribution in [3.05, 3.63) is 64.7 Å². The highest BCUT2D eigenvalue weighted by Crippen LogP contribution is 2.23. The number of carbonyl (C=O) groups is 1. The van der Waals surface area contributed by atoms with Gasteiger partial charge in [0.25, 0.3) is 0 Å². The molecule has 0 aromatic heterocycles. The van der Waals surface area contributed by atoms with Crippen LogP contribution in [0.4, 0.5) is 0 Å². The summed E-state index contributed by atoms with van der Waals surface area (Å²) in [6.45, 7) is 1.89. The van der Waals surface area contributed by atoms with Crippen LogP contribution < -0.4 is 4.72 Å². The predicted octanol–water partition coefficient (Wildman–Crippen LogP) is 3.15. The second-order valence-electron chi connectivity index (χ2n) is 6.03. The Kier molecular flexibility index (Phi) is 6.21. The number of aryl methyl sites for hydroxylation is 1. The number of halogens is 1. The van der Waals surface area contributed by atoms with Crippen molar-refractivity contribution in [2.45, 2.75) is 24.3 Å². The summed E-state index contributed by atoms with van der Waals surface area (Å²) < 4.78 is 28.0. The molecular formula is C18H21ClN2O3S. The van der Waals surface area contributed by atoms with Gasteiger partial charge in [-0.05, 0) is 36.8 Å². The van der Waals surface area contributed by atoms with E-state index in [2.05, 4.69) is 4.72 Å². The van der Waals surface area contributed by atoms with Gasteiger partial charge < -0.3 is 4.90 Å². The normalized spacial score (nSPS) is 12.6. The molecule has 2 rings (SSSR count). The van der Waals surface area contributed by atoms with E-state index in [-0.39, 0.29) is 17.2 Å². The van der Waals surface area contributed by atoms with E-state index in [0.29, 0.717) is 10.6 Å². The van der Waals surface area contributed by atoms with E-state index >= 15 is 0 Å². The number of benzene rings is 2. The monoisotopic (exact) mass is 380 g/mol. The minimum atomic E-state index is -3.76. The molecule has 0 aliphatic carbocycles. The third-order valence-corrected chi connectivity index (χ3v) is 5.52. The number of carbonyl (C=O) groups excluding carboxylic acids is 1. The van der Waals surface area contributed by atoms with Crippen LogP contribution in [-0.2, 0) is 14.8 Å². The topological polar surface area (TPSA) is 66.5 Å². The van der Waals surface area contributed by atoms with Gasteiger partial charge in [0.2, 0.25) is 15.9 Å². The summed E-state index contributed by atoms with van der Waals surface area (Å²) in [4.78, 5) is 13.7. The molecule has 0 heterocycles. The van der Waals surface area contributed by atoms with Crippen LogP contribution in [0.3, 0.4) is 0 Å². The number of rotatable bonds is 6. The standard InChI is InChI=1S/C18H21ClN2O3S/c1-13-4-10-16(11-5-13)25(23,24)20-17(12-18(22)21(2)3)14-6-8-15(19)9-7-14/h4-11,17,20H,12H2,1-3H3. The second-order valence-corrected chi connectivity index (χ2v) is 8.18. The molecular weight excluding hydrogens is 360 g/mol. The zero-order valence-corrected chi connectivity index (χ0v) is 15.9. The summed E-state index contributed by atoms with van der Waals surface area (Å²) in [6.07, 6.45) is 0.0136. The van der Waals surface area contributed by atoms with Gasteiger partial charge in [-0.25, -0.2) is 13.1 Å². The van der Waals surface area contributed by atoms with Gasteiger partial charge in [0.15, 0.2) is 0 Å². The molecule has 134 valence electrons. The number of nitrogens with zero attached hydrogens (tertiary/aromatic N) is 1. The Bertz CT molecular complexity index is 832. The largest absolute Gasteiger partial charge is 0.349 e. The van der Waals surface area contributed by atoms with E-state index in [1.807, 2.05) is 6.92 Å². The fourth-order valence-electron chi connectivity index (χ4n) is 2.25. The van der Waals surface area contributed by atoms with Gasteiger partial charge in [0.05, 0.1) is 10.9 Å². The summed E-state index contributed by atoms with van der Waals surface area (Å²) >= 11 is 5.90. The van der Waals surface area contributed by atoms with Crippen molar-refractivity contribution >= 4 is 27.5 Å². The second kappa shape index (κ2) is 7.99. The maximum absolute atomic E-state index is 12.7. The maximum atomic E-state index is 12.7. The number of hydrogen-bond donors (Lipinski definition) is 1. The molecule has 0 saturated carbocycles. The Balaban J connectivity index is 2.32. The Labute approximate surface area is 153 Å². The van der Waals surface area contributed by atoms with E-state index in [0.717, 1.165) is 5.56 Å². The van der Waals surface area contributed by atoms with Crippen LogP contribution in [0.2, 0.25) is 5.02 Å². The quantitative estimate of drug-likeness (QED) is 0.837. The summed E-state index contributed by atoms with van der Waals surface area (Å²) in [5.74, 6) is -0.174. The highest BCUT2D eigenvalue weighted by atomic mass is 35.5. The lowest BCUT2D eigenvalue weighted by molar-refractivity contribution is -0.129. The third-order valence-electron chi connectivity index (χ3n) is 3.78. The van der Waals surface area contributed by atoms with Crippen LogP contribution in [0.25, 0.3) is 0 Å². The smallest absolute Gasteiger partial charge is 0.241 e. The van der Waals surface area contributed by atoms with Crippen LogP contribution in [0.1, 0.15) is 23.6 Å². The van der Waals surface area contributed by atoms with Crippen LogP contribution in [-0.4, -0.2) is 33.3 Å². The molecule has 0 spiro atoms. The zero-order valence-electron chi connectivity index (χ0n) is 14.4. The van der Waals surface area contributed by atoms with Crippen LogP contribution in [0, 0.1) is 6.92 Å². The van der Waals surface area contributed by atoms with Gasteiger partial charge in [-0.15, -0.1) is 0 Å². The Hall–Kier alpha value is -1.89. The SMILES string of the molecule is Cc1ccc(S(=O)(=O)NC(CC(=O)N(C)C)c2ccc(Cl)cc2)cc1. The Morgan fingerprint density at radius 3 is 2.16 bits per heavy atom. The molecule has 5 nitrogen and oxygen atoms in total. The van der Waals surface area contributed by atoms with Gasteiger partial charge >= 0.3 is 0 Å². The van der Waals surface area contributed by atoms with Crippen molar-refractivity contribution in [3.8, 4) is 0 Å². The Morgan fingerprint density at radius 2 is 1.64 bits per heavy atom. The van der Waals surface area contributed by atoms with Gasteiger partial charge in [-0.3, -0.25) is 4.79 Å². The molecule has 7 heteroatoms. The zero-order chi connectivity index (χ0) is 18.6. The van der Waals surface area contributed by atoms with Crippen molar-refractivity contribution in [2.24, 2.45) is 0 Å². The Morgan fingerprint density at radius 1 is 1.08 bits per heavy atom. The summed E-state index contributed by atoms with van der Waals surface area (Å²) in [6, 6.07) is 12.6. The molecule has 0 saturated heterocycles. The van der Waals surface area contributed by atoms with Crippen LogP contribution in [0.15, 0.2) is 53.4 Å². The first kappa shape index (κ1) is 19.4. The van der Waals surface area contributed by atoms with Crippen molar-refractivity contribution in [1.29, 1.82) is 0 Å². The lowest BCUT2D eigenvalue weighted by atomic mass is 10.0. The third kappa shape index (κ3) is 5.29. The van der Waals surface area contributed by atoms with E-state index in [4.69, 9.17) is 11.6 Å². The summed E-state index contributed by atoms with van der Waals surface area (Å²) in [5.41, 5.74) is 1.64. The van der Waals surface area contributed by atoms with Crippen molar-refractivity contribution in [3.63, 3.8) is 0 Å². The van der Waals surface area contributed by atoms with E-state index < -0.39 is 16.1 Å². The summed E-state index contributed by atoms with van der Waals surface area (Å²) in [7, 11) is -0.490. The number of sulfonamides is 1. The van der Waals surface area contributed by atoms with Crippen molar-refractivity contribution in [1.82, 2.24) is 9.62 Å². The first-order valence-corrected chi connectivity index (χ1v) is 9.60. The molecule has 1 N–H and O–H groups in total. The predicted molar refractivity (Wildman–Crippen MR) is 99.0 cm³/mol. The highest BCUT2D eigenvalue weighted by molar-refractivity contribution is 7.89. The van der Waals surface area contributed by atoms with Gasteiger partial charge in [-0.2, -0.15) is 0 Å². The first-order valence-electron chi connectivity index (χ1n) is 7.73. The fourth-order valence-corrected chi connectivity index (χ4v) is 3.60. The first-order chi connectivity index (χ1) is 11.7. The van der Waals surface area contributed by atoms with Gasteiger partial charge in [0, 0.05) is 25.5 Å². The molecule has 1 atom stereocenters. The highest BCUT2D eigenvalue weighted by Gasteiger charge is 2.24. The average Bonchev–Trinajstić information content (AvgIpc) is 2.55. The lowest BCUT2D eigenvalue weighted by Gasteiger charge is -2.21. The van der Waals surface area contributed by atoms with E-state index in [1.165, 1.54) is 4.90 Å². The molecule has 1 unspecified atom stereocenters. The minimum absolute atomic E-state index is 0.0136. The van der Waals surface area contributed by atoms with Crippen molar-refractivity contribution in [2.75, 3.05) is 14.1 Å². The molecule has 2 aromatic carbocycles. The molecule has 0 aliphatic heterocycles. The van der Waals surface area contributed by atoms with E-state index in [1.54, 1.807) is 62.6 Å². The maximum Gasteiger partial charge on any atom is 0.241 e. The van der Waals surface area contributed by atoms with Crippen LogP contribution in [0.5, 0.6) is 0 Å². The number of hydrogen-bond acceptors (Lipinski definition) is 3. The molecule has 0 bridgehead atoms. The lowest BCUT2D eigenvalue weighted by Crippen LogP contribution is -2.33. The minimum Gasteiger partial charge on any atom is -0.349 e. The molecule has 0 radical (unpaired) electrons. The average molecular weight is 381 g/mol. The van der Waals surface area contributed by atoms with Gasteiger partial charge in [-0.1, -0.05) is 41.4 Å². The molecule has 25 heavy (non-hydrogen) atoms. The molecule has 2 aromatic rings. The van der Waals surface area contributed by atoms with E-state index in [9.17, 15) is 13.2 Å². The van der Waals surface area contributed by atoms with Crippen molar-refractivity contribution < 1.29 is 13.2 Å². The number of amides is 1. The van der Waals surface area contributed by atoms with Gasteiger partial charge in [0.1, 0.15) is 0 Å². The summed E-state index contributed by atoms with van der Waals surface area (Å²) in [5, 5.41) is 0.544.